The zero-order valence-corrected chi connectivity index (χ0v) is 23.5. The second kappa shape index (κ2) is 8.72. The standard InChI is InChI=1S/C30H40N2O8/c1-36-19-12-28(34)21-17(11-16(19)22(21)38-3)29-20(37-2)9-10-27(14-40-25(33)15-7-5-6-8-18(15)31)13-32-26(29)30(28,35)24(39-4)23(27)29/h5-8,13,16-17,19-24,26,34-35H,9-12,14,31H2,1-4H3/t16-,17-,19+,20+,21-,22+,23-,24+,26?,27+,28-,29+,30+/m1/s1. The Kier molecular flexibility index (Phi) is 5.84. The SMILES string of the molecule is CO[C@H]1[C@@H]2C[C@@H]3[C@H]1[C@](O)(C[C@@H]2OC)[C@@]1(O)C2N=C[C@]4(COC(=O)c5ccccc5N)CC[C@H](OC)[C@@]23[C@@H]4[C@@H]1OC. The molecule has 0 amide bonds. The first-order valence-electron chi connectivity index (χ1n) is 14.3. The van der Waals surface area contributed by atoms with E-state index >= 15 is 0 Å². The number of hydrogen-bond acceptors (Lipinski definition) is 10. The summed E-state index contributed by atoms with van der Waals surface area (Å²) in [6, 6.07) is 6.20. The summed E-state index contributed by atoms with van der Waals surface area (Å²) < 4.78 is 30.5. The van der Waals surface area contributed by atoms with E-state index in [2.05, 4.69) is 0 Å². The maximum Gasteiger partial charge on any atom is 0.340 e. The molecule has 13 atom stereocenters. The van der Waals surface area contributed by atoms with Crippen LogP contribution in [0.4, 0.5) is 5.69 Å². The number of anilines is 1. The molecule has 1 unspecified atom stereocenters. The van der Waals surface area contributed by atoms with E-state index in [4.69, 9.17) is 34.4 Å². The zero-order valence-electron chi connectivity index (χ0n) is 23.5. The van der Waals surface area contributed by atoms with Crippen molar-refractivity contribution < 1.29 is 38.7 Å². The number of para-hydroxylation sites is 1. The van der Waals surface area contributed by atoms with E-state index in [0.29, 0.717) is 24.1 Å². The number of aliphatic imine (C=N–C) groups is 1. The summed E-state index contributed by atoms with van der Waals surface area (Å²) in [7, 11) is 6.64. The van der Waals surface area contributed by atoms with Crippen LogP contribution in [0.25, 0.3) is 0 Å². The molecule has 1 spiro atoms. The third-order valence-corrected chi connectivity index (χ3v) is 12.1. The van der Waals surface area contributed by atoms with Crippen LogP contribution in [0.2, 0.25) is 0 Å². The summed E-state index contributed by atoms with van der Waals surface area (Å²) in [5.41, 5.74) is 2.09. The fraction of sp³-hybridized carbons (Fsp3) is 0.733. The van der Waals surface area contributed by atoms with Gasteiger partial charge < -0.3 is 39.6 Å². The predicted molar refractivity (Wildman–Crippen MR) is 144 cm³/mol. The van der Waals surface area contributed by atoms with Gasteiger partial charge >= 0.3 is 5.97 Å². The van der Waals surface area contributed by atoms with Crippen LogP contribution >= 0.6 is 0 Å². The van der Waals surface area contributed by atoms with Gasteiger partial charge in [0, 0.05) is 75.3 Å². The van der Waals surface area contributed by atoms with E-state index in [1.807, 2.05) is 6.21 Å². The van der Waals surface area contributed by atoms with Gasteiger partial charge in [-0.25, -0.2) is 4.79 Å². The number of fused-ring (bicyclic) bond motifs is 2. The number of nitrogen functional groups attached to an aromatic ring is 1. The van der Waals surface area contributed by atoms with Gasteiger partial charge in [0.1, 0.15) is 17.8 Å². The molecule has 7 rings (SSSR count). The molecule has 40 heavy (non-hydrogen) atoms. The number of carbonyl (C=O) groups is 1. The van der Waals surface area contributed by atoms with Gasteiger partial charge in [-0.1, -0.05) is 12.1 Å². The molecule has 10 nitrogen and oxygen atoms in total. The smallest absolute Gasteiger partial charge is 0.340 e. The van der Waals surface area contributed by atoms with Crippen molar-refractivity contribution >= 4 is 17.9 Å². The average molecular weight is 557 g/mol. The third-order valence-electron chi connectivity index (χ3n) is 12.1. The normalized spacial score (nSPS) is 51.1. The summed E-state index contributed by atoms with van der Waals surface area (Å²) in [4.78, 5) is 18.3. The Bertz CT molecular complexity index is 1240. The number of esters is 1. The average Bonchev–Trinajstić information content (AvgIpc) is 3.36. The number of benzene rings is 1. The molecule has 5 aliphatic carbocycles. The van der Waals surface area contributed by atoms with Gasteiger partial charge in [-0.2, -0.15) is 0 Å². The van der Waals surface area contributed by atoms with E-state index in [1.54, 1.807) is 52.7 Å². The molecule has 0 saturated heterocycles. The van der Waals surface area contributed by atoms with Crippen LogP contribution in [-0.2, 0) is 23.7 Å². The number of methoxy groups -OCH3 is 4. The first kappa shape index (κ1) is 26.8. The van der Waals surface area contributed by atoms with Crippen molar-refractivity contribution in [2.24, 2.45) is 39.5 Å². The largest absolute Gasteiger partial charge is 0.461 e. The predicted octanol–water partition coefficient (Wildman–Crippen LogP) is 1.47. The Balaban J connectivity index is 1.38. The molecule has 6 aliphatic rings. The number of carbonyl (C=O) groups excluding carboxylic acids is 1. The number of nitrogens with zero attached hydrogens (tertiary/aromatic N) is 1. The van der Waals surface area contributed by atoms with Crippen LogP contribution in [-0.4, -0.2) is 99.1 Å². The molecular weight excluding hydrogens is 516 g/mol. The van der Waals surface area contributed by atoms with E-state index in [0.717, 1.165) is 6.42 Å². The highest BCUT2D eigenvalue weighted by molar-refractivity contribution is 5.95. The Morgan fingerprint density at radius 3 is 2.55 bits per heavy atom. The lowest BCUT2D eigenvalue weighted by Gasteiger charge is -2.65. The van der Waals surface area contributed by atoms with Crippen molar-refractivity contribution in [3.8, 4) is 0 Å². The zero-order chi connectivity index (χ0) is 28.2. The summed E-state index contributed by atoms with van der Waals surface area (Å²) in [5.74, 6) is -1.15. The number of hydrogen-bond donors (Lipinski definition) is 3. The molecular formula is C30H40N2O8. The van der Waals surface area contributed by atoms with Gasteiger partial charge in [0.2, 0.25) is 0 Å². The Labute approximate surface area is 234 Å². The first-order chi connectivity index (χ1) is 19.2. The topological polar surface area (TPSA) is 142 Å². The van der Waals surface area contributed by atoms with E-state index in [1.165, 1.54) is 0 Å². The molecule has 7 bridgehead atoms. The lowest BCUT2D eigenvalue weighted by atomic mass is 9.44. The van der Waals surface area contributed by atoms with Gasteiger partial charge in [0.25, 0.3) is 0 Å². The summed E-state index contributed by atoms with van der Waals surface area (Å²) >= 11 is 0. The molecule has 1 heterocycles. The molecule has 1 aromatic rings. The summed E-state index contributed by atoms with van der Waals surface area (Å²) in [6.45, 7) is 0.0584. The third kappa shape index (κ3) is 2.81. The summed E-state index contributed by atoms with van der Waals surface area (Å²) in [6.07, 6.45) is 2.68. The number of nitrogens with two attached hydrogens (primary N) is 1. The quantitative estimate of drug-likeness (QED) is 0.336. The maximum absolute atomic E-state index is 13.2. The monoisotopic (exact) mass is 556 g/mol. The van der Waals surface area contributed by atoms with E-state index < -0.39 is 40.1 Å². The second-order valence-corrected chi connectivity index (χ2v) is 12.9. The van der Waals surface area contributed by atoms with Gasteiger partial charge in [0.05, 0.1) is 36.0 Å². The fourth-order valence-electron chi connectivity index (χ4n) is 10.9. The molecule has 218 valence electrons. The Morgan fingerprint density at radius 2 is 1.88 bits per heavy atom. The van der Waals surface area contributed by atoms with E-state index in [9.17, 15) is 15.0 Å². The van der Waals surface area contributed by atoms with Crippen molar-refractivity contribution in [3.05, 3.63) is 29.8 Å². The second-order valence-electron chi connectivity index (χ2n) is 12.9. The summed E-state index contributed by atoms with van der Waals surface area (Å²) in [5, 5.41) is 25.7. The molecule has 5 fully saturated rings. The molecule has 10 heteroatoms. The van der Waals surface area contributed by atoms with Gasteiger partial charge in [0.15, 0.2) is 0 Å². The van der Waals surface area contributed by atoms with Crippen LogP contribution in [0, 0.1) is 34.5 Å². The highest BCUT2D eigenvalue weighted by Gasteiger charge is 2.90. The minimum Gasteiger partial charge on any atom is -0.461 e. The Morgan fingerprint density at radius 1 is 1.10 bits per heavy atom. The highest BCUT2D eigenvalue weighted by Crippen LogP contribution is 2.79. The Hall–Kier alpha value is -2.08. The molecule has 0 radical (unpaired) electrons. The lowest BCUT2D eigenvalue weighted by Crippen LogP contribution is -2.77. The minimum absolute atomic E-state index is 0.0584. The highest BCUT2D eigenvalue weighted by atomic mass is 16.5. The van der Waals surface area contributed by atoms with Crippen LogP contribution in [0.1, 0.15) is 36.0 Å². The van der Waals surface area contributed by atoms with Crippen molar-refractivity contribution in [1.82, 2.24) is 0 Å². The maximum atomic E-state index is 13.2. The van der Waals surface area contributed by atoms with Crippen LogP contribution in [0.3, 0.4) is 0 Å². The lowest BCUT2D eigenvalue weighted by molar-refractivity contribution is -0.293. The van der Waals surface area contributed by atoms with Crippen molar-refractivity contribution in [3.63, 3.8) is 0 Å². The molecule has 5 saturated carbocycles. The molecule has 1 aliphatic heterocycles. The molecule has 1 aromatic carbocycles. The van der Waals surface area contributed by atoms with E-state index in [-0.39, 0.29) is 55.0 Å². The van der Waals surface area contributed by atoms with Crippen LogP contribution < -0.4 is 5.73 Å². The fourth-order valence-corrected chi connectivity index (χ4v) is 10.9. The molecule has 0 aromatic heterocycles. The minimum atomic E-state index is -1.72. The number of ether oxygens (including phenoxy) is 5. The van der Waals surface area contributed by atoms with Gasteiger partial charge in [-0.05, 0) is 37.3 Å². The molecule has 4 N–H and O–H groups in total. The van der Waals surface area contributed by atoms with Crippen LogP contribution in [0.15, 0.2) is 29.3 Å². The van der Waals surface area contributed by atoms with Crippen molar-refractivity contribution in [1.29, 1.82) is 0 Å². The number of aliphatic hydroxyl groups is 2. The van der Waals surface area contributed by atoms with Crippen molar-refractivity contribution in [2.75, 3.05) is 40.8 Å². The van der Waals surface area contributed by atoms with Crippen LogP contribution in [0.5, 0.6) is 0 Å². The van der Waals surface area contributed by atoms with Gasteiger partial charge in [-0.3, -0.25) is 4.99 Å². The van der Waals surface area contributed by atoms with Crippen molar-refractivity contribution in [2.45, 2.75) is 67.3 Å². The first-order valence-corrected chi connectivity index (χ1v) is 14.3. The van der Waals surface area contributed by atoms with Gasteiger partial charge in [-0.15, -0.1) is 0 Å². The number of rotatable bonds is 7.